The molecule has 1 heterocycles. The third kappa shape index (κ3) is 5.84. The lowest BCUT2D eigenvalue weighted by molar-refractivity contribution is -0.188. The lowest BCUT2D eigenvalue weighted by Gasteiger charge is -2.28. The highest BCUT2D eigenvalue weighted by Crippen LogP contribution is 2.22. The molecule has 1 aliphatic heterocycles. The molecule has 0 aromatic rings. The molecule has 4 atom stereocenters. The number of hydrogen-bond acceptors (Lipinski definition) is 3. The van der Waals surface area contributed by atoms with Gasteiger partial charge in [0.2, 0.25) is 0 Å². The summed E-state index contributed by atoms with van der Waals surface area (Å²) in [5.41, 5.74) is 0. The highest BCUT2D eigenvalue weighted by atomic mass is 16.6. The van der Waals surface area contributed by atoms with Crippen LogP contribution in [0.15, 0.2) is 0 Å². The molecule has 0 aliphatic carbocycles. The molecule has 0 amide bonds. The Morgan fingerprint density at radius 2 is 2.18 bits per heavy atom. The maximum Gasteiger partial charge on any atom is 0.157 e. The second-order valence-corrected chi connectivity index (χ2v) is 5.47. The van der Waals surface area contributed by atoms with E-state index in [2.05, 4.69) is 20.8 Å². The van der Waals surface area contributed by atoms with Crippen molar-refractivity contribution >= 4 is 0 Å². The summed E-state index contributed by atoms with van der Waals surface area (Å²) in [5, 5.41) is 10.0. The van der Waals surface area contributed by atoms with Gasteiger partial charge in [0.05, 0.1) is 12.7 Å². The second kappa shape index (κ2) is 8.06. The summed E-state index contributed by atoms with van der Waals surface area (Å²) >= 11 is 0. The van der Waals surface area contributed by atoms with Crippen molar-refractivity contribution in [2.24, 2.45) is 11.8 Å². The fourth-order valence-electron chi connectivity index (χ4n) is 2.51. The molecule has 0 saturated carbocycles. The van der Waals surface area contributed by atoms with E-state index in [1.54, 1.807) is 0 Å². The first-order chi connectivity index (χ1) is 8.13. The number of ether oxygens (including phenoxy) is 2. The van der Waals surface area contributed by atoms with Gasteiger partial charge in [0.25, 0.3) is 0 Å². The molecule has 3 heteroatoms. The van der Waals surface area contributed by atoms with Gasteiger partial charge in [-0.25, -0.2) is 0 Å². The summed E-state index contributed by atoms with van der Waals surface area (Å²) in [6.45, 7) is 7.98. The van der Waals surface area contributed by atoms with E-state index < -0.39 is 6.29 Å². The molecule has 1 rings (SSSR count). The van der Waals surface area contributed by atoms with E-state index in [0.29, 0.717) is 12.5 Å². The Morgan fingerprint density at radius 1 is 1.41 bits per heavy atom. The van der Waals surface area contributed by atoms with Crippen LogP contribution in [0, 0.1) is 11.8 Å². The minimum Gasteiger partial charge on any atom is -0.379 e. The Labute approximate surface area is 105 Å². The Kier molecular flexibility index (Phi) is 7.09. The van der Waals surface area contributed by atoms with Crippen LogP contribution in [0.1, 0.15) is 52.9 Å². The van der Waals surface area contributed by atoms with Crippen molar-refractivity contribution in [2.75, 3.05) is 13.2 Å². The monoisotopic (exact) mass is 244 g/mol. The minimum atomic E-state index is -0.638. The van der Waals surface area contributed by atoms with Crippen LogP contribution < -0.4 is 0 Å². The molecule has 1 saturated heterocycles. The van der Waals surface area contributed by atoms with Crippen molar-refractivity contribution in [1.82, 2.24) is 0 Å². The Balaban J connectivity index is 2.22. The van der Waals surface area contributed by atoms with Crippen LogP contribution in [0.25, 0.3) is 0 Å². The summed E-state index contributed by atoms with van der Waals surface area (Å²) in [7, 11) is 0. The van der Waals surface area contributed by atoms with Crippen molar-refractivity contribution in [2.45, 2.75) is 65.3 Å². The van der Waals surface area contributed by atoms with Crippen LogP contribution >= 0.6 is 0 Å². The van der Waals surface area contributed by atoms with E-state index in [1.807, 2.05) is 0 Å². The summed E-state index contributed by atoms with van der Waals surface area (Å²) in [6, 6.07) is 0. The summed E-state index contributed by atoms with van der Waals surface area (Å²) in [6.07, 6.45) is 4.96. The zero-order chi connectivity index (χ0) is 12.7. The van der Waals surface area contributed by atoms with Gasteiger partial charge in [-0.3, -0.25) is 0 Å². The molecule has 0 spiro atoms. The van der Waals surface area contributed by atoms with Crippen LogP contribution in [-0.2, 0) is 9.47 Å². The Bertz CT molecular complexity index is 190. The quantitative estimate of drug-likeness (QED) is 0.700. The summed E-state index contributed by atoms with van der Waals surface area (Å²) in [5.74, 6) is 0.870. The molecule has 102 valence electrons. The van der Waals surface area contributed by atoms with Gasteiger partial charge in [-0.2, -0.15) is 0 Å². The zero-order valence-corrected chi connectivity index (χ0v) is 11.5. The normalized spacial score (nSPS) is 26.5. The molecule has 0 bridgehead atoms. The van der Waals surface area contributed by atoms with Gasteiger partial charge >= 0.3 is 0 Å². The predicted molar refractivity (Wildman–Crippen MR) is 68.8 cm³/mol. The third-order valence-electron chi connectivity index (χ3n) is 3.49. The maximum absolute atomic E-state index is 10.0. The molecule has 0 radical (unpaired) electrons. The highest BCUT2D eigenvalue weighted by molar-refractivity contribution is 4.67. The number of aliphatic hydroxyl groups is 1. The van der Waals surface area contributed by atoms with Crippen molar-refractivity contribution < 1.29 is 14.6 Å². The number of rotatable bonds is 7. The first kappa shape index (κ1) is 14.9. The molecule has 1 N–H and O–H groups in total. The van der Waals surface area contributed by atoms with Crippen molar-refractivity contribution in [3.63, 3.8) is 0 Å². The van der Waals surface area contributed by atoms with Gasteiger partial charge < -0.3 is 14.6 Å². The van der Waals surface area contributed by atoms with Crippen molar-refractivity contribution in [3.05, 3.63) is 0 Å². The Morgan fingerprint density at radius 3 is 2.76 bits per heavy atom. The van der Waals surface area contributed by atoms with Gasteiger partial charge in [0.1, 0.15) is 0 Å². The standard InChI is InChI=1S/C14H28O3/c1-4-6-11(2)9-12(3)14(15)17-13-7-5-8-16-10-13/h11-15H,4-10H2,1-3H3/t11-,12-,13?,14?/m0/s1. The maximum atomic E-state index is 10.0. The van der Waals surface area contributed by atoms with Crippen LogP contribution in [-0.4, -0.2) is 30.7 Å². The lowest BCUT2D eigenvalue weighted by Crippen LogP contribution is -2.33. The van der Waals surface area contributed by atoms with Crippen LogP contribution in [0.3, 0.4) is 0 Å². The first-order valence-corrected chi connectivity index (χ1v) is 7.04. The first-order valence-electron chi connectivity index (χ1n) is 7.04. The molecular formula is C14H28O3. The van der Waals surface area contributed by atoms with Crippen LogP contribution in [0.2, 0.25) is 0 Å². The molecule has 0 aromatic heterocycles. The number of aliphatic hydroxyl groups excluding tert-OH is 1. The second-order valence-electron chi connectivity index (χ2n) is 5.47. The molecule has 0 aromatic carbocycles. The minimum absolute atomic E-state index is 0.0858. The van der Waals surface area contributed by atoms with E-state index in [0.717, 1.165) is 25.9 Å². The average Bonchev–Trinajstić information content (AvgIpc) is 2.30. The largest absolute Gasteiger partial charge is 0.379 e. The van der Waals surface area contributed by atoms with Gasteiger partial charge in [-0.15, -0.1) is 0 Å². The number of hydrogen-bond donors (Lipinski definition) is 1. The predicted octanol–water partition coefficient (Wildman–Crippen LogP) is 2.96. The fraction of sp³-hybridized carbons (Fsp3) is 1.00. The molecule has 17 heavy (non-hydrogen) atoms. The zero-order valence-electron chi connectivity index (χ0n) is 11.5. The van der Waals surface area contributed by atoms with Gasteiger partial charge in [-0.1, -0.05) is 33.6 Å². The SMILES string of the molecule is CCC[C@H](C)C[C@H](C)C(O)OC1CCCOC1. The highest BCUT2D eigenvalue weighted by Gasteiger charge is 2.23. The van der Waals surface area contributed by atoms with Gasteiger partial charge in [0.15, 0.2) is 6.29 Å². The average molecular weight is 244 g/mol. The lowest BCUT2D eigenvalue weighted by atomic mass is 9.93. The topological polar surface area (TPSA) is 38.7 Å². The molecule has 1 fully saturated rings. The third-order valence-corrected chi connectivity index (χ3v) is 3.49. The molecule has 3 nitrogen and oxygen atoms in total. The van der Waals surface area contributed by atoms with Crippen LogP contribution in [0.5, 0.6) is 0 Å². The summed E-state index contributed by atoms with van der Waals surface area (Å²) in [4.78, 5) is 0. The van der Waals surface area contributed by atoms with E-state index in [9.17, 15) is 5.11 Å². The van der Waals surface area contributed by atoms with E-state index in [4.69, 9.17) is 9.47 Å². The molecular weight excluding hydrogens is 216 g/mol. The van der Waals surface area contributed by atoms with E-state index in [-0.39, 0.29) is 12.0 Å². The summed E-state index contributed by atoms with van der Waals surface area (Å²) < 4.78 is 11.0. The van der Waals surface area contributed by atoms with E-state index in [1.165, 1.54) is 12.8 Å². The van der Waals surface area contributed by atoms with Crippen molar-refractivity contribution in [1.29, 1.82) is 0 Å². The van der Waals surface area contributed by atoms with E-state index >= 15 is 0 Å². The Hall–Kier alpha value is -0.120. The fourth-order valence-corrected chi connectivity index (χ4v) is 2.51. The molecule has 1 aliphatic rings. The molecule has 2 unspecified atom stereocenters. The van der Waals surface area contributed by atoms with Crippen LogP contribution in [0.4, 0.5) is 0 Å². The van der Waals surface area contributed by atoms with Gasteiger partial charge in [-0.05, 0) is 25.2 Å². The smallest absolute Gasteiger partial charge is 0.157 e. The van der Waals surface area contributed by atoms with Crippen molar-refractivity contribution in [3.8, 4) is 0 Å². The van der Waals surface area contributed by atoms with Gasteiger partial charge in [0, 0.05) is 12.5 Å².